The van der Waals surface area contributed by atoms with Gasteiger partial charge >= 0.3 is 0 Å². The zero-order chi connectivity index (χ0) is 17.1. The number of hydrogen-bond acceptors (Lipinski definition) is 5. The fraction of sp³-hybridized carbons (Fsp3) is 0.111. The molecule has 0 radical (unpaired) electrons. The number of carbonyl (C=O) groups excluding carboxylic acids is 1. The minimum atomic E-state index is -2.11. The van der Waals surface area contributed by atoms with Gasteiger partial charge in [-0.15, -0.1) is 4.73 Å². The van der Waals surface area contributed by atoms with Gasteiger partial charge in [-0.05, 0) is 17.7 Å². The summed E-state index contributed by atoms with van der Waals surface area (Å²) in [7, 11) is 0. The Labute approximate surface area is 137 Å². The van der Waals surface area contributed by atoms with Crippen LogP contribution in [0.4, 0.5) is 0 Å². The number of nitrogens with zero attached hydrogens (tertiary/aromatic N) is 1. The van der Waals surface area contributed by atoms with Crippen molar-refractivity contribution in [3.63, 3.8) is 0 Å². The predicted molar refractivity (Wildman–Crippen MR) is 87.5 cm³/mol. The maximum absolute atomic E-state index is 12.1. The second kappa shape index (κ2) is 6.66. The number of pyridine rings is 1. The third kappa shape index (κ3) is 3.05. The van der Waals surface area contributed by atoms with Gasteiger partial charge in [0.25, 0.3) is 5.56 Å². The van der Waals surface area contributed by atoms with Gasteiger partial charge in [-0.2, -0.15) is 0 Å². The molecule has 0 saturated carbocycles. The summed E-state index contributed by atoms with van der Waals surface area (Å²) in [5, 5.41) is 18.6. The second-order valence-corrected chi connectivity index (χ2v) is 5.20. The highest BCUT2D eigenvalue weighted by Gasteiger charge is 2.18. The lowest BCUT2D eigenvalue weighted by Crippen LogP contribution is -2.27. The fourth-order valence-corrected chi connectivity index (χ4v) is 2.45. The van der Waals surface area contributed by atoms with Crippen LogP contribution in [-0.4, -0.2) is 27.0 Å². The summed E-state index contributed by atoms with van der Waals surface area (Å²) in [5.74, 6) is -0.839. The van der Waals surface area contributed by atoms with Crippen molar-refractivity contribution >= 4 is 16.7 Å². The van der Waals surface area contributed by atoms with Crippen molar-refractivity contribution in [1.29, 1.82) is 0 Å². The Balaban J connectivity index is 2.04. The molecule has 2 aromatic carbocycles. The molecule has 0 aliphatic rings. The van der Waals surface area contributed by atoms with E-state index in [4.69, 9.17) is 15.1 Å². The van der Waals surface area contributed by atoms with Gasteiger partial charge in [-0.3, -0.25) is 9.59 Å². The number of hydrogen-bond donors (Lipinski definition) is 2. The number of rotatable bonds is 5. The molecule has 0 aliphatic heterocycles. The zero-order valence-electron chi connectivity index (χ0n) is 12.6. The van der Waals surface area contributed by atoms with Crippen molar-refractivity contribution in [3.8, 4) is 0 Å². The van der Waals surface area contributed by atoms with E-state index in [9.17, 15) is 9.59 Å². The van der Waals surface area contributed by atoms with Crippen LogP contribution in [0, 0.1) is 0 Å². The number of fused-ring (bicyclic) bond motifs is 1. The van der Waals surface area contributed by atoms with Crippen LogP contribution in [0.25, 0.3) is 10.9 Å². The maximum atomic E-state index is 12.1. The fourth-order valence-electron chi connectivity index (χ4n) is 2.45. The molecule has 2 N–H and O–H groups in total. The molecular formula is C18H15NO5. The van der Waals surface area contributed by atoms with Gasteiger partial charge in [0.15, 0.2) is 0 Å². The van der Waals surface area contributed by atoms with E-state index in [1.165, 1.54) is 18.2 Å². The molecular weight excluding hydrogens is 310 g/mol. The minimum Gasteiger partial charge on any atom is -0.405 e. The van der Waals surface area contributed by atoms with Gasteiger partial charge < -0.3 is 15.1 Å². The van der Waals surface area contributed by atoms with E-state index in [1.807, 2.05) is 30.3 Å². The summed E-state index contributed by atoms with van der Waals surface area (Å²) >= 11 is 0. The Bertz CT molecular complexity index is 931. The molecule has 0 amide bonds. The Kier molecular flexibility index (Phi) is 4.41. The highest BCUT2D eigenvalue weighted by Crippen LogP contribution is 2.18. The summed E-state index contributed by atoms with van der Waals surface area (Å²) in [5.41, 5.74) is 0.997. The van der Waals surface area contributed by atoms with Crippen molar-refractivity contribution in [2.45, 2.75) is 12.9 Å². The first kappa shape index (κ1) is 15.9. The number of aromatic nitrogens is 1. The standard InChI is InChI=1S/C18H15NO5/c20-16-10-9-13-14(17(21)18(22)23)7-4-8-15(13)19(16)24-11-12-5-2-1-3-6-12/h1-10,18,22-23H,11H2. The summed E-state index contributed by atoms with van der Waals surface area (Å²) in [6.45, 7) is 0.181. The molecule has 6 heteroatoms. The number of ketones is 1. The van der Waals surface area contributed by atoms with Crippen LogP contribution in [0.3, 0.4) is 0 Å². The van der Waals surface area contributed by atoms with Gasteiger partial charge in [0.2, 0.25) is 12.1 Å². The number of aliphatic hydroxyl groups excluding tert-OH is 1. The van der Waals surface area contributed by atoms with E-state index in [2.05, 4.69) is 0 Å². The molecule has 1 aromatic heterocycles. The highest BCUT2D eigenvalue weighted by molar-refractivity contribution is 6.08. The second-order valence-electron chi connectivity index (χ2n) is 5.20. The average Bonchev–Trinajstić information content (AvgIpc) is 2.60. The topological polar surface area (TPSA) is 88.8 Å². The average molecular weight is 325 g/mol. The monoisotopic (exact) mass is 325 g/mol. The zero-order valence-corrected chi connectivity index (χ0v) is 12.6. The Morgan fingerprint density at radius 1 is 1.00 bits per heavy atom. The molecule has 0 unspecified atom stereocenters. The SMILES string of the molecule is O=C(c1cccc2c1ccc(=O)n2OCc1ccccc1)C(O)O. The van der Waals surface area contributed by atoms with E-state index in [-0.39, 0.29) is 17.7 Å². The summed E-state index contributed by atoms with van der Waals surface area (Å²) in [6.07, 6.45) is -2.11. The van der Waals surface area contributed by atoms with Crippen LogP contribution in [0.15, 0.2) is 65.5 Å². The highest BCUT2D eigenvalue weighted by atomic mass is 16.7. The molecule has 0 saturated heterocycles. The van der Waals surface area contributed by atoms with Crippen molar-refractivity contribution in [1.82, 2.24) is 4.73 Å². The lowest BCUT2D eigenvalue weighted by Gasteiger charge is -2.13. The predicted octanol–water partition coefficient (Wildman–Crippen LogP) is 1.12. The Hall–Kier alpha value is -2.96. The molecule has 0 fully saturated rings. The van der Waals surface area contributed by atoms with Crippen LogP contribution in [0.1, 0.15) is 15.9 Å². The van der Waals surface area contributed by atoms with Crippen LogP contribution in [0.5, 0.6) is 0 Å². The summed E-state index contributed by atoms with van der Waals surface area (Å²) in [6, 6.07) is 16.7. The summed E-state index contributed by atoms with van der Waals surface area (Å²) < 4.78 is 1.10. The quantitative estimate of drug-likeness (QED) is 0.542. The molecule has 3 rings (SSSR count). The van der Waals surface area contributed by atoms with E-state index in [0.29, 0.717) is 10.9 Å². The molecule has 0 aliphatic carbocycles. The van der Waals surface area contributed by atoms with Gasteiger partial charge in [-0.25, -0.2) is 0 Å². The van der Waals surface area contributed by atoms with Crippen molar-refractivity contribution in [2.24, 2.45) is 0 Å². The number of benzene rings is 2. The molecule has 0 bridgehead atoms. The maximum Gasteiger partial charge on any atom is 0.283 e. The molecule has 24 heavy (non-hydrogen) atoms. The number of aliphatic hydroxyl groups is 2. The third-order valence-electron chi connectivity index (χ3n) is 3.60. The van der Waals surface area contributed by atoms with Gasteiger partial charge in [-0.1, -0.05) is 42.5 Å². The minimum absolute atomic E-state index is 0.111. The molecule has 122 valence electrons. The smallest absolute Gasteiger partial charge is 0.283 e. The van der Waals surface area contributed by atoms with Crippen LogP contribution < -0.4 is 10.4 Å². The Morgan fingerprint density at radius 3 is 2.46 bits per heavy atom. The van der Waals surface area contributed by atoms with Crippen molar-refractivity contribution in [2.75, 3.05) is 0 Å². The number of carbonyl (C=O) groups is 1. The first-order valence-corrected chi connectivity index (χ1v) is 7.30. The van der Waals surface area contributed by atoms with Gasteiger partial charge in [0.1, 0.15) is 6.61 Å². The van der Waals surface area contributed by atoms with E-state index >= 15 is 0 Å². The van der Waals surface area contributed by atoms with Gasteiger partial charge in [0, 0.05) is 17.0 Å². The molecule has 6 nitrogen and oxygen atoms in total. The van der Waals surface area contributed by atoms with E-state index < -0.39 is 12.1 Å². The van der Waals surface area contributed by atoms with E-state index in [1.54, 1.807) is 12.1 Å². The lowest BCUT2D eigenvalue weighted by molar-refractivity contribution is -0.0194. The first-order valence-electron chi connectivity index (χ1n) is 7.30. The first-order chi connectivity index (χ1) is 11.6. The van der Waals surface area contributed by atoms with Crippen molar-refractivity contribution < 1.29 is 19.8 Å². The normalized spacial score (nSPS) is 11.0. The molecule has 3 aromatic rings. The molecule has 1 heterocycles. The summed E-state index contributed by atoms with van der Waals surface area (Å²) in [4.78, 5) is 29.6. The van der Waals surface area contributed by atoms with Crippen LogP contribution in [-0.2, 0) is 6.61 Å². The van der Waals surface area contributed by atoms with Crippen LogP contribution >= 0.6 is 0 Å². The molecule has 0 atom stereocenters. The Morgan fingerprint density at radius 2 is 1.75 bits per heavy atom. The molecule has 0 spiro atoms. The van der Waals surface area contributed by atoms with Crippen molar-refractivity contribution in [3.05, 3.63) is 82.1 Å². The van der Waals surface area contributed by atoms with Crippen LogP contribution in [0.2, 0.25) is 0 Å². The number of Topliss-reactive ketones (excluding diaryl/α,β-unsaturated/α-hetero) is 1. The lowest BCUT2D eigenvalue weighted by atomic mass is 10.0. The van der Waals surface area contributed by atoms with E-state index in [0.717, 1.165) is 10.3 Å². The largest absolute Gasteiger partial charge is 0.405 e. The third-order valence-corrected chi connectivity index (χ3v) is 3.60. The van der Waals surface area contributed by atoms with Gasteiger partial charge in [0.05, 0.1) is 5.52 Å².